The van der Waals surface area contributed by atoms with Gasteiger partial charge in [-0.15, -0.1) is 0 Å². The number of aliphatic hydroxyl groups is 1. The fourth-order valence-corrected chi connectivity index (χ4v) is 6.62. The summed E-state index contributed by atoms with van der Waals surface area (Å²) < 4.78 is 6.79. The van der Waals surface area contributed by atoms with Crippen LogP contribution in [0.15, 0.2) is 24.3 Å². The molecule has 2 unspecified atom stereocenters. The third kappa shape index (κ3) is 4.22. The Hall–Kier alpha value is -2.19. The summed E-state index contributed by atoms with van der Waals surface area (Å²) in [5, 5.41) is 9.10. The maximum Gasteiger partial charge on any atom is 0.249 e. The largest absolute Gasteiger partial charge is 0.396 e. The predicted octanol–water partition coefficient (Wildman–Crippen LogP) is 2.13. The van der Waals surface area contributed by atoms with Crippen molar-refractivity contribution in [2.45, 2.75) is 82.6 Å². The number of carbonyl (C=O) groups excluding carboxylic acids is 3. The Morgan fingerprint density at radius 3 is 2.46 bits per heavy atom. The van der Waals surface area contributed by atoms with Crippen LogP contribution in [0.3, 0.4) is 0 Å². The molecule has 8 heteroatoms. The molecular formula is C27H41N3O5. The summed E-state index contributed by atoms with van der Waals surface area (Å²) in [5.74, 6) is -1.79. The highest BCUT2D eigenvalue weighted by molar-refractivity contribution is 6.00. The number of rotatable bonds is 9. The molecule has 0 saturated carbocycles. The van der Waals surface area contributed by atoms with Gasteiger partial charge in [0.05, 0.1) is 17.4 Å². The number of carbonyl (C=O) groups is 3. The second kappa shape index (κ2) is 10.1. The van der Waals surface area contributed by atoms with Crippen molar-refractivity contribution in [2.24, 2.45) is 11.8 Å². The summed E-state index contributed by atoms with van der Waals surface area (Å²) in [5.41, 5.74) is -2.12. The van der Waals surface area contributed by atoms with Gasteiger partial charge >= 0.3 is 0 Å². The van der Waals surface area contributed by atoms with Crippen molar-refractivity contribution in [3.8, 4) is 0 Å². The quantitative estimate of drug-likeness (QED) is 0.398. The molecule has 1 spiro atoms. The van der Waals surface area contributed by atoms with Gasteiger partial charge in [0.2, 0.25) is 17.7 Å². The first-order valence-electron chi connectivity index (χ1n) is 13.2. The second-order valence-electron chi connectivity index (χ2n) is 10.8. The minimum absolute atomic E-state index is 0.0444. The molecule has 0 aromatic carbocycles. The van der Waals surface area contributed by atoms with Crippen LogP contribution in [0.1, 0.15) is 59.3 Å². The fourth-order valence-electron chi connectivity index (χ4n) is 6.62. The van der Waals surface area contributed by atoms with Gasteiger partial charge in [0.25, 0.3) is 0 Å². The van der Waals surface area contributed by atoms with Crippen molar-refractivity contribution < 1.29 is 24.2 Å². The van der Waals surface area contributed by atoms with E-state index < -0.39 is 29.1 Å². The van der Waals surface area contributed by atoms with E-state index in [9.17, 15) is 14.4 Å². The van der Waals surface area contributed by atoms with Gasteiger partial charge in [-0.2, -0.15) is 0 Å². The summed E-state index contributed by atoms with van der Waals surface area (Å²) in [6, 6.07) is -0.742. The van der Waals surface area contributed by atoms with Crippen LogP contribution in [0.5, 0.6) is 0 Å². The molecule has 0 aliphatic carbocycles. The van der Waals surface area contributed by atoms with E-state index in [2.05, 4.69) is 13.8 Å². The van der Waals surface area contributed by atoms with E-state index in [0.29, 0.717) is 19.6 Å². The van der Waals surface area contributed by atoms with Crippen molar-refractivity contribution in [1.29, 1.82) is 0 Å². The van der Waals surface area contributed by atoms with Crippen LogP contribution >= 0.6 is 0 Å². The number of likely N-dealkylation sites (tertiary alicyclic amines) is 1. The lowest BCUT2D eigenvalue weighted by Gasteiger charge is -2.38. The minimum Gasteiger partial charge on any atom is -0.396 e. The van der Waals surface area contributed by atoms with E-state index in [1.807, 2.05) is 36.1 Å². The molecule has 0 aromatic heterocycles. The molecule has 4 aliphatic heterocycles. The Morgan fingerprint density at radius 2 is 1.74 bits per heavy atom. The molecule has 194 valence electrons. The molecule has 3 amide bonds. The third-order valence-corrected chi connectivity index (χ3v) is 8.34. The zero-order valence-corrected chi connectivity index (χ0v) is 21.6. The normalized spacial score (nSPS) is 35.2. The molecule has 4 rings (SSSR count). The molecule has 6 atom stereocenters. The standard InChI is InChI=1S/C27H41N3O5/c1-5-12-19(2)29-17-11-14-27-21(20-23(32)28(4)15-10-13-26(20,3)35-27)24(33)30(22(27)25(29)34)16-8-6-7-9-18-31/h10-11,13-14,19-22,31H,5-9,12,15-18H2,1-4H3/t19?,20-,21-,22?,26+,27-/m0/s1. The van der Waals surface area contributed by atoms with E-state index in [4.69, 9.17) is 9.84 Å². The van der Waals surface area contributed by atoms with E-state index in [-0.39, 0.29) is 30.4 Å². The summed E-state index contributed by atoms with van der Waals surface area (Å²) in [7, 11) is 1.75. The molecule has 2 fully saturated rings. The lowest BCUT2D eigenvalue weighted by molar-refractivity contribution is -0.153. The van der Waals surface area contributed by atoms with Crippen LogP contribution in [0.2, 0.25) is 0 Å². The zero-order valence-electron chi connectivity index (χ0n) is 21.6. The number of fused-ring (bicyclic) bond motifs is 2. The van der Waals surface area contributed by atoms with Crippen LogP contribution in [0.4, 0.5) is 0 Å². The molecule has 0 aromatic rings. The van der Waals surface area contributed by atoms with Gasteiger partial charge < -0.3 is 24.5 Å². The SMILES string of the molecule is CCCC(C)N1CC=C[C@]23O[C@]4(C)C=CCN(C)C(=O)[C@@H]4[C@H]2C(=O)N(CCCCCCO)C3C1=O. The molecule has 2 saturated heterocycles. The fraction of sp³-hybridized carbons (Fsp3) is 0.741. The number of aliphatic hydroxyl groups excluding tert-OH is 1. The lowest BCUT2D eigenvalue weighted by Crippen LogP contribution is -2.57. The molecule has 0 radical (unpaired) electrons. The van der Waals surface area contributed by atoms with Crippen LogP contribution in [0, 0.1) is 11.8 Å². The molecule has 8 nitrogen and oxygen atoms in total. The average Bonchev–Trinajstić information content (AvgIpc) is 3.08. The first-order valence-corrected chi connectivity index (χ1v) is 13.2. The Bertz CT molecular complexity index is 903. The van der Waals surface area contributed by atoms with Gasteiger partial charge in [0.1, 0.15) is 11.6 Å². The number of amides is 3. The number of unbranched alkanes of at least 4 members (excludes halogenated alkanes) is 3. The molecule has 1 N–H and O–H groups in total. The number of likely N-dealkylation sites (N-methyl/N-ethyl adjacent to an activating group) is 1. The van der Waals surface area contributed by atoms with Gasteiger partial charge in [-0.25, -0.2) is 0 Å². The maximum atomic E-state index is 14.2. The van der Waals surface area contributed by atoms with Crippen molar-refractivity contribution in [2.75, 3.05) is 33.3 Å². The number of hydrogen-bond acceptors (Lipinski definition) is 5. The highest BCUT2D eigenvalue weighted by Gasteiger charge is 2.74. The van der Waals surface area contributed by atoms with Crippen molar-refractivity contribution in [3.63, 3.8) is 0 Å². The Balaban J connectivity index is 1.75. The first-order chi connectivity index (χ1) is 16.7. The average molecular weight is 488 g/mol. The minimum atomic E-state index is -1.17. The summed E-state index contributed by atoms with van der Waals surface area (Å²) >= 11 is 0. The maximum absolute atomic E-state index is 14.2. The van der Waals surface area contributed by atoms with Gasteiger partial charge in [-0.3, -0.25) is 14.4 Å². The van der Waals surface area contributed by atoms with Crippen LogP contribution < -0.4 is 0 Å². The first kappa shape index (κ1) is 25.9. The summed E-state index contributed by atoms with van der Waals surface area (Å²) in [4.78, 5) is 47.0. The van der Waals surface area contributed by atoms with Gasteiger partial charge in [0.15, 0.2) is 0 Å². The Morgan fingerprint density at radius 1 is 1.03 bits per heavy atom. The predicted molar refractivity (Wildman–Crippen MR) is 132 cm³/mol. The third-order valence-electron chi connectivity index (χ3n) is 8.34. The molecule has 35 heavy (non-hydrogen) atoms. The molecule has 4 aliphatic rings. The number of nitrogens with zero attached hydrogens (tertiary/aromatic N) is 3. The van der Waals surface area contributed by atoms with E-state index in [1.165, 1.54) is 0 Å². The van der Waals surface area contributed by atoms with Crippen LogP contribution in [-0.4, -0.2) is 94.1 Å². The van der Waals surface area contributed by atoms with Crippen LogP contribution in [0.25, 0.3) is 0 Å². The highest BCUT2D eigenvalue weighted by atomic mass is 16.5. The van der Waals surface area contributed by atoms with Gasteiger partial charge in [0, 0.05) is 39.3 Å². The summed E-state index contributed by atoms with van der Waals surface area (Å²) in [6.07, 6.45) is 12.8. The molecule has 0 bridgehead atoms. The van der Waals surface area contributed by atoms with Crippen molar-refractivity contribution in [3.05, 3.63) is 24.3 Å². The number of ether oxygens (including phenoxy) is 1. The zero-order chi connectivity index (χ0) is 25.4. The topological polar surface area (TPSA) is 90.4 Å². The van der Waals surface area contributed by atoms with E-state index >= 15 is 0 Å². The Labute approximate surface area is 208 Å². The van der Waals surface area contributed by atoms with Crippen LogP contribution in [-0.2, 0) is 19.1 Å². The number of hydrogen-bond donors (Lipinski definition) is 1. The molecular weight excluding hydrogens is 446 g/mol. The van der Waals surface area contributed by atoms with Crippen molar-refractivity contribution >= 4 is 17.7 Å². The van der Waals surface area contributed by atoms with Gasteiger partial charge in [-0.05, 0) is 33.1 Å². The summed E-state index contributed by atoms with van der Waals surface area (Å²) in [6.45, 7) is 7.57. The lowest BCUT2D eigenvalue weighted by atomic mass is 9.74. The van der Waals surface area contributed by atoms with Gasteiger partial charge in [-0.1, -0.05) is 50.5 Å². The van der Waals surface area contributed by atoms with E-state index in [0.717, 1.165) is 38.5 Å². The van der Waals surface area contributed by atoms with Crippen molar-refractivity contribution in [1.82, 2.24) is 14.7 Å². The van der Waals surface area contributed by atoms with E-state index in [1.54, 1.807) is 16.8 Å². The molecule has 4 heterocycles. The Kier molecular flexibility index (Phi) is 7.44. The second-order valence-corrected chi connectivity index (χ2v) is 10.8. The smallest absolute Gasteiger partial charge is 0.249 e. The monoisotopic (exact) mass is 487 g/mol. The highest BCUT2D eigenvalue weighted by Crippen LogP contribution is 2.57.